The minimum atomic E-state index is -1.47. The molecule has 0 spiro atoms. The smallest absolute Gasteiger partial charge is 0.328 e. The molecule has 7 rings (SSSR count). The van der Waals surface area contributed by atoms with Crippen molar-refractivity contribution in [2.24, 2.45) is 29.4 Å². The summed E-state index contributed by atoms with van der Waals surface area (Å²) in [6.07, 6.45) is 2.11. The van der Waals surface area contributed by atoms with Crippen molar-refractivity contribution in [2.45, 2.75) is 31.1 Å². The number of aromatic hydroxyl groups is 1. The van der Waals surface area contributed by atoms with Gasteiger partial charge in [-0.3, -0.25) is 24.6 Å². The number of phenolic OH excluding ortho intramolecular Hbond substituents is 1. The number of rotatable bonds is 5. The van der Waals surface area contributed by atoms with Gasteiger partial charge in [0.2, 0.25) is 11.8 Å². The monoisotopic (exact) mass is 620 g/mol. The van der Waals surface area contributed by atoms with Gasteiger partial charge in [-0.15, -0.1) is 0 Å². The summed E-state index contributed by atoms with van der Waals surface area (Å²) in [5.74, 6) is -6.40. The minimum absolute atomic E-state index is 0.0793. The number of allylic oxidation sites excluding steroid dienone is 2. The predicted molar refractivity (Wildman–Crippen MR) is 165 cm³/mol. The highest BCUT2D eigenvalue weighted by molar-refractivity contribution is 6.17. The molecule has 2 aliphatic heterocycles. The molecule has 3 fully saturated rings. The number of anilines is 1. The quantitative estimate of drug-likeness (QED) is 0.287. The molecule has 2 saturated heterocycles. The van der Waals surface area contributed by atoms with E-state index < -0.39 is 64.7 Å². The van der Waals surface area contributed by atoms with Gasteiger partial charge in [-0.1, -0.05) is 65.7 Å². The van der Waals surface area contributed by atoms with E-state index in [1.54, 1.807) is 24.3 Å². The summed E-state index contributed by atoms with van der Waals surface area (Å²) in [7, 11) is 1.42. The molecule has 3 aromatic carbocycles. The highest BCUT2D eigenvalue weighted by Gasteiger charge is 2.70. The van der Waals surface area contributed by atoms with Gasteiger partial charge in [0.05, 0.1) is 36.0 Å². The molecule has 6 atom stereocenters. The average Bonchev–Trinajstić information content (AvgIpc) is 3.44. The fourth-order valence-electron chi connectivity index (χ4n) is 8.21. The first-order valence-corrected chi connectivity index (χ1v) is 15.1. The van der Waals surface area contributed by atoms with Crippen LogP contribution in [0.2, 0.25) is 0 Å². The molecule has 0 radical (unpaired) electrons. The lowest BCUT2D eigenvalue weighted by molar-refractivity contribution is -0.139. The molecule has 234 valence electrons. The number of likely N-dealkylation sites (tertiary alicyclic amines) is 1. The van der Waals surface area contributed by atoms with Crippen LogP contribution in [-0.2, 0) is 24.6 Å². The lowest BCUT2D eigenvalue weighted by Crippen LogP contribution is -2.53. The molecule has 0 bridgehead atoms. The van der Waals surface area contributed by atoms with E-state index in [0.29, 0.717) is 27.3 Å². The number of phenols is 1. The number of carbonyl (C=O) groups is 5. The number of primary amides is 1. The molecule has 2 aliphatic carbocycles. The lowest BCUT2D eigenvalue weighted by atomic mass is 9.49. The van der Waals surface area contributed by atoms with Crippen LogP contribution in [0.1, 0.15) is 35.4 Å². The summed E-state index contributed by atoms with van der Waals surface area (Å²) in [5.41, 5.74) is 10.5. The number of hydrazine groups is 1. The van der Waals surface area contributed by atoms with Crippen LogP contribution in [0.15, 0.2) is 84.4 Å². The molecular formula is C35H32N4O7. The maximum absolute atomic E-state index is 15.1. The summed E-state index contributed by atoms with van der Waals surface area (Å²) >= 11 is 0. The first-order chi connectivity index (χ1) is 22.1. The number of ether oxygens (including phenoxy) is 1. The number of imide groups is 4. The Morgan fingerprint density at radius 1 is 0.957 bits per heavy atom. The highest BCUT2D eigenvalue weighted by atomic mass is 16.5. The van der Waals surface area contributed by atoms with Gasteiger partial charge in [0, 0.05) is 5.92 Å². The second-order valence-corrected chi connectivity index (χ2v) is 12.4. The van der Waals surface area contributed by atoms with Gasteiger partial charge < -0.3 is 15.6 Å². The van der Waals surface area contributed by atoms with Gasteiger partial charge in [0.25, 0.3) is 11.8 Å². The van der Waals surface area contributed by atoms with E-state index in [0.717, 1.165) is 10.6 Å². The number of amides is 6. The Bertz CT molecular complexity index is 1840. The van der Waals surface area contributed by atoms with E-state index >= 15 is 4.79 Å². The minimum Gasteiger partial charge on any atom is -0.504 e. The Labute approximate surface area is 264 Å². The molecule has 3 aromatic rings. The molecule has 2 heterocycles. The number of nitrogens with zero attached hydrogens (tertiary/aromatic N) is 2. The molecule has 11 nitrogen and oxygen atoms in total. The number of hydrogen-bond donors (Lipinski definition) is 3. The largest absolute Gasteiger partial charge is 0.504 e. The number of fused-ring (bicyclic) bond motifs is 4. The summed E-state index contributed by atoms with van der Waals surface area (Å²) in [6, 6.07) is 20.1. The lowest BCUT2D eigenvalue weighted by Gasteiger charge is -2.50. The van der Waals surface area contributed by atoms with Gasteiger partial charge in [-0.25, -0.2) is 4.79 Å². The van der Waals surface area contributed by atoms with Crippen molar-refractivity contribution in [1.82, 2.24) is 9.91 Å². The normalized spacial score (nSPS) is 28.4. The number of benzene rings is 3. The number of aryl methyl sites for hydroxylation is 1. The predicted octanol–water partition coefficient (Wildman–Crippen LogP) is 3.77. The second-order valence-electron chi connectivity index (χ2n) is 12.4. The van der Waals surface area contributed by atoms with E-state index in [-0.39, 0.29) is 24.3 Å². The molecule has 6 amide bonds. The Morgan fingerprint density at radius 3 is 2.35 bits per heavy atom. The van der Waals surface area contributed by atoms with Crippen molar-refractivity contribution >= 4 is 35.3 Å². The zero-order valence-corrected chi connectivity index (χ0v) is 25.2. The maximum Gasteiger partial charge on any atom is 0.328 e. The molecule has 6 unspecified atom stereocenters. The molecule has 0 aromatic heterocycles. The number of nitrogens with one attached hydrogen (secondary N) is 1. The van der Waals surface area contributed by atoms with Gasteiger partial charge in [-0.2, -0.15) is 9.91 Å². The van der Waals surface area contributed by atoms with Gasteiger partial charge in [0.15, 0.2) is 11.5 Å². The van der Waals surface area contributed by atoms with Crippen molar-refractivity contribution in [3.05, 3.63) is 101 Å². The highest BCUT2D eigenvalue weighted by Crippen LogP contribution is 2.64. The van der Waals surface area contributed by atoms with E-state index in [1.165, 1.54) is 13.2 Å². The van der Waals surface area contributed by atoms with Crippen molar-refractivity contribution in [3.63, 3.8) is 0 Å². The number of methoxy groups -OCH3 is 1. The topological polar surface area (TPSA) is 159 Å². The van der Waals surface area contributed by atoms with Crippen LogP contribution in [0.5, 0.6) is 11.5 Å². The molecule has 1 saturated carbocycles. The zero-order valence-electron chi connectivity index (χ0n) is 25.2. The summed E-state index contributed by atoms with van der Waals surface area (Å²) in [4.78, 5) is 69.3. The van der Waals surface area contributed by atoms with Crippen molar-refractivity contribution in [1.29, 1.82) is 0 Å². The van der Waals surface area contributed by atoms with Crippen LogP contribution >= 0.6 is 0 Å². The van der Waals surface area contributed by atoms with E-state index in [2.05, 4.69) is 5.43 Å². The average molecular weight is 621 g/mol. The number of carbonyl (C=O) groups excluding carboxylic acids is 5. The summed E-state index contributed by atoms with van der Waals surface area (Å²) in [5, 5.41) is 11.6. The van der Waals surface area contributed by atoms with E-state index in [9.17, 15) is 24.3 Å². The molecule has 46 heavy (non-hydrogen) atoms. The Kier molecular flexibility index (Phi) is 6.73. The van der Waals surface area contributed by atoms with Crippen LogP contribution < -0.4 is 15.9 Å². The molecule has 4 aliphatic rings. The van der Waals surface area contributed by atoms with Crippen LogP contribution in [-0.4, -0.2) is 51.8 Å². The van der Waals surface area contributed by atoms with E-state index in [4.69, 9.17) is 10.5 Å². The standard InChI is InChI=1S/C35H32N4O7/c1-18-8-11-21(12-9-18)37-39-31(42)25-17-24-22(13-14-23-28(24)32(43)38(30(23)41)34(36)45)29(19-10-15-26(40)27(16-19)46-2)35(25,33(39)44)20-6-4-3-5-7-20/h3-13,15-16,23-25,28-29,37,40H,14,17H2,1-2H3,(H2,36,45). The first-order valence-electron chi connectivity index (χ1n) is 15.1. The van der Waals surface area contributed by atoms with E-state index in [1.807, 2.05) is 55.5 Å². The molecule has 11 heteroatoms. The molecule has 4 N–H and O–H groups in total. The van der Waals surface area contributed by atoms with Crippen molar-refractivity contribution in [2.75, 3.05) is 12.5 Å². The third kappa shape index (κ3) is 4.00. The van der Waals surface area contributed by atoms with Crippen LogP contribution in [0.3, 0.4) is 0 Å². The summed E-state index contributed by atoms with van der Waals surface area (Å²) < 4.78 is 5.46. The second kappa shape index (κ2) is 10.6. The van der Waals surface area contributed by atoms with Crippen molar-refractivity contribution in [3.8, 4) is 11.5 Å². The third-order valence-electron chi connectivity index (χ3n) is 10.2. The van der Waals surface area contributed by atoms with Crippen molar-refractivity contribution < 1.29 is 33.8 Å². The Morgan fingerprint density at radius 2 is 1.67 bits per heavy atom. The van der Waals surface area contributed by atoms with Crippen LogP contribution in [0, 0.1) is 30.6 Å². The van der Waals surface area contributed by atoms with Gasteiger partial charge in [0.1, 0.15) is 0 Å². The van der Waals surface area contributed by atoms with Gasteiger partial charge >= 0.3 is 6.03 Å². The first kappa shape index (κ1) is 29.3. The number of urea groups is 1. The Hall–Kier alpha value is -5.45. The van der Waals surface area contributed by atoms with Crippen LogP contribution in [0.4, 0.5) is 10.5 Å². The number of hydrogen-bond acceptors (Lipinski definition) is 8. The third-order valence-corrected chi connectivity index (χ3v) is 10.2. The maximum atomic E-state index is 15.1. The Balaban J connectivity index is 1.47. The zero-order chi connectivity index (χ0) is 32.5. The fraction of sp³-hybridized carbons (Fsp3) is 0.286. The fourth-order valence-corrected chi connectivity index (χ4v) is 8.21. The SMILES string of the molecule is COc1cc(C2C3=CCC4C(=O)N(C(N)=O)C(=O)C4C3CC3C(=O)N(Nc4ccc(C)cc4)C(=O)C32c2ccccc2)ccc1O. The molecular weight excluding hydrogens is 588 g/mol. The number of nitrogens with two attached hydrogens (primary N) is 1. The summed E-state index contributed by atoms with van der Waals surface area (Å²) in [6.45, 7) is 1.93. The van der Waals surface area contributed by atoms with Gasteiger partial charge in [-0.05, 0) is 61.1 Å². The van der Waals surface area contributed by atoms with Crippen LogP contribution in [0.25, 0.3) is 0 Å².